The molecule has 0 bridgehead atoms. The van der Waals surface area contributed by atoms with Crippen LogP contribution in [0.25, 0.3) is 0 Å². The summed E-state index contributed by atoms with van der Waals surface area (Å²) in [4.78, 5) is 7.13. The van der Waals surface area contributed by atoms with Crippen molar-refractivity contribution in [2.75, 3.05) is 19.7 Å². The molecule has 0 aliphatic carbocycles. The van der Waals surface area contributed by atoms with Crippen molar-refractivity contribution in [2.45, 2.75) is 58.2 Å². The third-order valence-electron chi connectivity index (χ3n) is 4.55. The highest BCUT2D eigenvalue weighted by Crippen LogP contribution is 2.36. The molecule has 1 atom stereocenters. The van der Waals surface area contributed by atoms with Crippen molar-refractivity contribution in [3.05, 3.63) is 29.6 Å². The highest BCUT2D eigenvalue weighted by Gasteiger charge is 2.43. The molecule has 118 valence electrons. The third kappa shape index (κ3) is 3.82. The lowest BCUT2D eigenvalue weighted by molar-refractivity contribution is -0.119. The lowest BCUT2D eigenvalue weighted by Gasteiger charge is -2.50. The lowest BCUT2D eigenvalue weighted by atomic mass is 9.79. The van der Waals surface area contributed by atoms with Crippen LogP contribution in [0.5, 0.6) is 0 Å². The van der Waals surface area contributed by atoms with Gasteiger partial charge in [0.15, 0.2) is 0 Å². The maximum Gasteiger partial charge on any atom is 0.0644 e. The molecule has 0 amide bonds. The van der Waals surface area contributed by atoms with E-state index >= 15 is 0 Å². The monoisotopic (exact) mass is 291 g/mol. The average Bonchev–Trinajstić information content (AvgIpc) is 2.43. The van der Waals surface area contributed by atoms with Gasteiger partial charge in [-0.3, -0.25) is 9.88 Å². The van der Waals surface area contributed by atoms with Crippen LogP contribution in [0.3, 0.4) is 0 Å². The Bertz CT molecular complexity index is 475. The summed E-state index contributed by atoms with van der Waals surface area (Å²) in [5.41, 5.74) is 8.30. The van der Waals surface area contributed by atoms with Gasteiger partial charge in [-0.05, 0) is 52.3 Å². The van der Waals surface area contributed by atoms with E-state index in [2.05, 4.69) is 42.8 Å². The van der Waals surface area contributed by atoms with E-state index in [9.17, 15) is 0 Å². The van der Waals surface area contributed by atoms with Gasteiger partial charge in [-0.25, -0.2) is 0 Å². The minimum Gasteiger partial charge on any atom is -0.375 e. The largest absolute Gasteiger partial charge is 0.375 e. The van der Waals surface area contributed by atoms with E-state index in [-0.39, 0.29) is 11.1 Å². The molecule has 2 heterocycles. The van der Waals surface area contributed by atoms with E-state index in [4.69, 9.17) is 10.5 Å². The van der Waals surface area contributed by atoms with Gasteiger partial charge < -0.3 is 10.5 Å². The summed E-state index contributed by atoms with van der Waals surface area (Å²) in [6.07, 6.45) is 1.96. The van der Waals surface area contributed by atoms with Crippen LogP contribution in [0.1, 0.15) is 45.0 Å². The molecule has 1 aromatic heterocycles. The molecule has 0 saturated carbocycles. The van der Waals surface area contributed by atoms with Crippen molar-refractivity contribution >= 4 is 0 Å². The first-order valence-corrected chi connectivity index (χ1v) is 7.92. The van der Waals surface area contributed by atoms with Crippen LogP contribution < -0.4 is 5.73 Å². The fourth-order valence-corrected chi connectivity index (χ4v) is 3.52. The summed E-state index contributed by atoms with van der Waals surface area (Å²) in [7, 11) is 0. The van der Waals surface area contributed by atoms with Crippen molar-refractivity contribution < 1.29 is 4.74 Å². The summed E-state index contributed by atoms with van der Waals surface area (Å²) < 4.78 is 5.89. The summed E-state index contributed by atoms with van der Waals surface area (Å²) in [6, 6.07) is 6.22. The molecule has 4 nitrogen and oxygen atoms in total. The number of aromatic nitrogens is 1. The summed E-state index contributed by atoms with van der Waals surface area (Å²) in [6.45, 7) is 11.8. The maximum absolute atomic E-state index is 6.20. The van der Waals surface area contributed by atoms with Crippen molar-refractivity contribution in [3.8, 4) is 0 Å². The molecule has 1 aliphatic rings. The molecule has 2 N–H and O–H groups in total. The molecule has 1 unspecified atom stereocenters. The van der Waals surface area contributed by atoms with Crippen LogP contribution >= 0.6 is 0 Å². The zero-order valence-corrected chi connectivity index (χ0v) is 13.9. The van der Waals surface area contributed by atoms with E-state index in [0.29, 0.717) is 6.54 Å². The van der Waals surface area contributed by atoms with Crippen LogP contribution in [0.2, 0.25) is 0 Å². The van der Waals surface area contributed by atoms with Crippen LogP contribution in [-0.2, 0) is 11.3 Å². The van der Waals surface area contributed by atoms with Crippen LogP contribution in [0, 0.1) is 6.92 Å². The molecular weight excluding hydrogens is 262 g/mol. The smallest absolute Gasteiger partial charge is 0.0644 e. The van der Waals surface area contributed by atoms with Crippen LogP contribution in [0.15, 0.2) is 18.2 Å². The molecule has 4 heteroatoms. The fourth-order valence-electron chi connectivity index (χ4n) is 3.52. The predicted molar refractivity (Wildman–Crippen MR) is 86.1 cm³/mol. The molecule has 0 aromatic carbocycles. The molecule has 21 heavy (non-hydrogen) atoms. The molecule has 1 aromatic rings. The Kier molecular flexibility index (Phi) is 5.02. The number of aryl methyl sites for hydroxylation is 1. The normalized spacial score (nSPS) is 25.2. The topological polar surface area (TPSA) is 51.4 Å². The van der Waals surface area contributed by atoms with Crippen molar-refractivity contribution in [2.24, 2.45) is 5.73 Å². The minimum atomic E-state index is -0.106. The lowest BCUT2D eigenvalue weighted by Crippen LogP contribution is -2.60. The van der Waals surface area contributed by atoms with E-state index in [0.717, 1.165) is 43.9 Å². The van der Waals surface area contributed by atoms with Gasteiger partial charge in [-0.2, -0.15) is 0 Å². The number of likely N-dealkylation sites (N-methyl/N-ethyl adjacent to an activating group) is 1. The molecule has 1 saturated heterocycles. The molecule has 0 spiro atoms. The Morgan fingerprint density at radius 2 is 2.14 bits per heavy atom. The van der Waals surface area contributed by atoms with Gasteiger partial charge in [0.2, 0.25) is 0 Å². The zero-order chi connectivity index (χ0) is 15.5. The molecule has 0 radical (unpaired) electrons. The van der Waals surface area contributed by atoms with Gasteiger partial charge in [0.1, 0.15) is 0 Å². The number of hydrogen-bond donors (Lipinski definition) is 1. The summed E-state index contributed by atoms with van der Waals surface area (Å²) >= 11 is 0. The number of ether oxygens (including phenoxy) is 1. The Balaban J connectivity index is 2.21. The quantitative estimate of drug-likeness (QED) is 0.905. The summed E-state index contributed by atoms with van der Waals surface area (Å²) in [5, 5.41) is 0. The average molecular weight is 291 g/mol. The highest BCUT2D eigenvalue weighted by molar-refractivity contribution is 5.11. The number of rotatable bonds is 5. The molecule has 1 aliphatic heterocycles. The van der Waals surface area contributed by atoms with Crippen molar-refractivity contribution in [1.29, 1.82) is 0 Å². The highest BCUT2D eigenvalue weighted by atomic mass is 16.5. The summed E-state index contributed by atoms with van der Waals surface area (Å²) in [5.74, 6) is 0. The minimum absolute atomic E-state index is 0.0158. The van der Waals surface area contributed by atoms with Gasteiger partial charge in [0, 0.05) is 30.9 Å². The van der Waals surface area contributed by atoms with E-state index in [1.807, 2.05) is 13.0 Å². The number of nitrogens with zero attached hydrogens (tertiary/aromatic N) is 2. The number of hydrogen-bond acceptors (Lipinski definition) is 4. The second kappa shape index (κ2) is 6.42. The predicted octanol–water partition coefficient (Wildman–Crippen LogP) is 2.50. The van der Waals surface area contributed by atoms with Gasteiger partial charge >= 0.3 is 0 Å². The standard InChI is InChI=1S/C17H29N3O/c1-5-20(11-15-8-6-7-14(2)19-15)17(13-18)9-10-21-16(3,4)12-17/h6-8H,5,9-13,18H2,1-4H3. The first-order valence-electron chi connectivity index (χ1n) is 7.92. The van der Waals surface area contributed by atoms with Crippen molar-refractivity contribution in [1.82, 2.24) is 9.88 Å². The molecular formula is C17H29N3O. The first-order chi connectivity index (χ1) is 9.91. The second-order valence-corrected chi connectivity index (χ2v) is 6.75. The van der Waals surface area contributed by atoms with Gasteiger partial charge in [-0.1, -0.05) is 13.0 Å². The Morgan fingerprint density at radius 3 is 2.71 bits per heavy atom. The Morgan fingerprint density at radius 1 is 1.38 bits per heavy atom. The third-order valence-corrected chi connectivity index (χ3v) is 4.55. The van der Waals surface area contributed by atoms with Gasteiger partial charge in [0.25, 0.3) is 0 Å². The fraction of sp³-hybridized carbons (Fsp3) is 0.706. The molecule has 2 rings (SSSR count). The van der Waals surface area contributed by atoms with E-state index in [1.54, 1.807) is 0 Å². The number of nitrogens with two attached hydrogens (primary N) is 1. The van der Waals surface area contributed by atoms with Gasteiger partial charge in [0.05, 0.1) is 11.3 Å². The van der Waals surface area contributed by atoms with E-state index < -0.39 is 0 Å². The zero-order valence-electron chi connectivity index (χ0n) is 13.9. The second-order valence-electron chi connectivity index (χ2n) is 6.75. The first kappa shape index (κ1) is 16.4. The van der Waals surface area contributed by atoms with Crippen molar-refractivity contribution in [3.63, 3.8) is 0 Å². The van der Waals surface area contributed by atoms with Gasteiger partial charge in [-0.15, -0.1) is 0 Å². The number of pyridine rings is 1. The maximum atomic E-state index is 6.20. The van der Waals surface area contributed by atoms with E-state index in [1.165, 1.54) is 0 Å². The Labute approximate surface area is 128 Å². The van der Waals surface area contributed by atoms with Crippen LogP contribution in [0.4, 0.5) is 0 Å². The Hall–Kier alpha value is -0.970. The SMILES string of the molecule is CCN(Cc1cccc(C)n1)C1(CN)CCOC(C)(C)C1. The van der Waals surface area contributed by atoms with Crippen LogP contribution in [-0.4, -0.2) is 40.7 Å². The molecule has 1 fully saturated rings.